The predicted octanol–water partition coefficient (Wildman–Crippen LogP) is 3.19. The molecule has 0 atom stereocenters. The Bertz CT molecular complexity index is 493. The number of hydrogen-bond donors (Lipinski definition) is 1. The van der Waals surface area contributed by atoms with Gasteiger partial charge in [0.1, 0.15) is 0 Å². The molecular formula is C14H18BrN3. The second-order valence-corrected chi connectivity index (χ2v) is 5.16. The Balaban J connectivity index is 1.96. The molecule has 0 aliphatic carbocycles. The van der Waals surface area contributed by atoms with Crippen LogP contribution in [0.5, 0.6) is 0 Å². The van der Waals surface area contributed by atoms with Crippen molar-refractivity contribution in [3.63, 3.8) is 0 Å². The Hall–Kier alpha value is -1.13. The van der Waals surface area contributed by atoms with Crippen LogP contribution in [0.2, 0.25) is 0 Å². The number of benzene rings is 1. The molecule has 0 radical (unpaired) electrons. The predicted molar refractivity (Wildman–Crippen MR) is 77.5 cm³/mol. The van der Waals surface area contributed by atoms with Crippen LogP contribution >= 0.6 is 15.9 Å². The van der Waals surface area contributed by atoms with Crippen LogP contribution in [-0.4, -0.2) is 16.1 Å². The summed E-state index contributed by atoms with van der Waals surface area (Å²) in [6.07, 6.45) is 5.14. The minimum atomic E-state index is 0.844. The fourth-order valence-corrected chi connectivity index (χ4v) is 2.21. The maximum Gasteiger partial charge on any atom is 0.0953 e. The normalized spacial score (nSPS) is 10.8. The zero-order chi connectivity index (χ0) is 12.8. The lowest BCUT2D eigenvalue weighted by Gasteiger charge is -2.04. The molecule has 0 unspecified atom stereocenters. The fourth-order valence-electron chi connectivity index (χ4n) is 1.80. The van der Waals surface area contributed by atoms with Crippen LogP contribution in [-0.2, 0) is 13.1 Å². The average molecular weight is 308 g/mol. The molecular weight excluding hydrogens is 290 g/mol. The van der Waals surface area contributed by atoms with Crippen molar-refractivity contribution in [3.05, 3.63) is 52.5 Å². The van der Waals surface area contributed by atoms with Crippen LogP contribution in [0.25, 0.3) is 0 Å². The summed E-state index contributed by atoms with van der Waals surface area (Å²) in [4.78, 5) is 4.40. The molecule has 0 saturated heterocycles. The van der Waals surface area contributed by atoms with Gasteiger partial charge in [0.2, 0.25) is 0 Å². The smallest absolute Gasteiger partial charge is 0.0953 e. The lowest BCUT2D eigenvalue weighted by atomic mass is 10.2. The fraction of sp³-hybridized carbons (Fsp3) is 0.357. The topological polar surface area (TPSA) is 29.9 Å². The molecule has 2 rings (SSSR count). The van der Waals surface area contributed by atoms with Crippen LogP contribution in [0.4, 0.5) is 0 Å². The zero-order valence-electron chi connectivity index (χ0n) is 10.6. The molecule has 0 fully saturated rings. The molecule has 0 saturated carbocycles. The molecule has 0 amide bonds. The lowest BCUT2D eigenvalue weighted by Crippen LogP contribution is -2.13. The summed E-state index contributed by atoms with van der Waals surface area (Å²) in [7, 11) is 0. The molecule has 0 bridgehead atoms. The number of nitrogens with zero attached hydrogens (tertiary/aromatic N) is 2. The van der Waals surface area contributed by atoms with Gasteiger partial charge in [-0.1, -0.05) is 41.1 Å². The minimum absolute atomic E-state index is 0.844. The molecule has 4 heteroatoms. The number of rotatable bonds is 6. The van der Waals surface area contributed by atoms with Gasteiger partial charge in [-0.15, -0.1) is 0 Å². The summed E-state index contributed by atoms with van der Waals surface area (Å²) < 4.78 is 3.26. The van der Waals surface area contributed by atoms with E-state index < -0.39 is 0 Å². The van der Waals surface area contributed by atoms with Crippen molar-refractivity contribution in [2.75, 3.05) is 6.54 Å². The summed E-state index contributed by atoms with van der Waals surface area (Å²) in [6.45, 7) is 4.90. The van der Waals surface area contributed by atoms with Crippen LogP contribution in [0.15, 0.2) is 41.3 Å². The third-order valence-electron chi connectivity index (χ3n) is 2.73. The van der Waals surface area contributed by atoms with Gasteiger partial charge in [-0.2, -0.15) is 0 Å². The van der Waals surface area contributed by atoms with Crippen molar-refractivity contribution in [1.29, 1.82) is 0 Å². The van der Waals surface area contributed by atoms with Gasteiger partial charge in [-0.05, 0) is 24.6 Å². The van der Waals surface area contributed by atoms with Gasteiger partial charge in [-0.25, -0.2) is 4.98 Å². The zero-order valence-corrected chi connectivity index (χ0v) is 12.2. The Labute approximate surface area is 116 Å². The highest BCUT2D eigenvalue weighted by atomic mass is 79.9. The Morgan fingerprint density at radius 2 is 2.17 bits per heavy atom. The standard InChI is InChI=1S/C14H18BrN3/c1-2-7-16-8-13-10-18(11-17-13)9-12-5-3-4-6-14(12)15/h3-6,10-11,16H,2,7-9H2,1H3. The molecule has 3 nitrogen and oxygen atoms in total. The van der Waals surface area contributed by atoms with E-state index in [1.54, 1.807) is 0 Å². The van der Waals surface area contributed by atoms with E-state index in [0.717, 1.165) is 36.2 Å². The molecule has 18 heavy (non-hydrogen) atoms. The van der Waals surface area contributed by atoms with Crippen LogP contribution in [0.3, 0.4) is 0 Å². The maximum absolute atomic E-state index is 4.40. The summed E-state index contributed by atoms with van der Waals surface area (Å²) >= 11 is 3.57. The first kappa shape index (κ1) is 13.3. The summed E-state index contributed by atoms with van der Waals surface area (Å²) in [5.74, 6) is 0. The molecule has 0 aliphatic rings. The van der Waals surface area contributed by atoms with E-state index in [1.165, 1.54) is 5.56 Å². The van der Waals surface area contributed by atoms with E-state index in [-0.39, 0.29) is 0 Å². The van der Waals surface area contributed by atoms with Crippen molar-refractivity contribution in [2.24, 2.45) is 0 Å². The third-order valence-corrected chi connectivity index (χ3v) is 3.50. The summed E-state index contributed by atoms with van der Waals surface area (Å²) in [5, 5.41) is 3.35. The van der Waals surface area contributed by atoms with E-state index in [1.807, 2.05) is 12.4 Å². The Kier molecular flexibility index (Phi) is 4.96. The number of nitrogens with one attached hydrogen (secondary N) is 1. The van der Waals surface area contributed by atoms with Gasteiger partial charge in [-0.3, -0.25) is 0 Å². The highest BCUT2D eigenvalue weighted by Crippen LogP contribution is 2.17. The molecule has 0 spiro atoms. The summed E-state index contributed by atoms with van der Waals surface area (Å²) in [5.41, 5.74) is 2.36. The number of hydrogen-bond acceptors (Lipinski definition) is 2. The van der Waals surface area contributed by atoms with E-state index in [2.05, 4.69) is 62.1 Å². The largest absolute Gasteiger partial charge is 0.333 e. The van der Waals surface area contributed by atoms with Gasteiger partial charge < -0.3 is 9.88 Å². The quantitative estimate of drug-likeness (QED) is 0.831. The first-order valence-electron chi connectivity index (χ1n) is 6.24. The minimum Gasteiger partial charge on any atom is -0.333 e. The Morgan fingerprint density at radius 1 is 1.33 bits per heavy atom. The monoisotopic (exact) mass is 307 g/mol. The molecule has 0 aliphatic heterocycles. The SMILES string of the molecule is CCCNCc1cn(Cc2ccccc2Br)cn1. The van der Waals surface area contributed by atoms with Gasteiger partial charge >= 0.3 is 0 Å². The highest BCUT2D eigenvalue weighted by molar-refractivity contribution is 9.10. The van der Waals surface area contributed by atoms with E-state index in [9.17, 15) is 0 Å². The van der Waals surface area contributed by atoms with Crippen molar-refractivity contribution in [2.45, 2.75) is 26.4 Å². The third kappa shape index (κ3) is 3.68. The van der Waals surface area contributed by atoms with E-state index >= 15 is 0 Å². The van der Waals surface area contributed by atoms with Gasteiger partial charge in [0, 0.05) is 23.8 Å². The molecule has 1 aromatic heterocycles. The second kappa shape index (κ2) is 6.71. The second-order valence-electron chi connectivity index (χ2n) is 4.31. The van der Waals surface area contributed by atoms with Gasteiger partial charge in [0.25, 0.3) is 0 Å². The molecule has 96 valence electrons. The number of imidazole rings is 1. The van der Waals surface area contributed by atoms with E-state index in [4.69, 9.17) is 0 Å². The van der Waals surface area contributed by atoms with Crippen LogP contribution < -0.4 is 5.32 Å². The van der Waals surface area contributed by atoms with E-state index in [0.29, 0.717) is 0 Å². The van der Waals surface area contributed by atoms with Gasteiger partial charge in [0.05, 0.1) is 12.0 Å². The first-order valence-corrected chi connectivity index (χ1v) is 7.03. The highest BCUT2D eigenvalue weighted by Gasteiger charge is 2.02. The van der Waals surface area contributed by atoms with Crippen molar-refractivity contribution in [3.8, 4) is 0 Å². The average Bonchev–Trinajstić information content (AvgIpc) is 2.80. The van der Waals surface area contributed by atoms with Crippen LogP contribution in [0, 0.1) is 0 Å². The number of aromatic nitrogens is 2. The summed E-state index contributed by atoms with van der Waals surface area (Å²) in [6, 6.07) is 8.28. The van der Waals surface area contributed by atoms with Crippen molar-refractivity contribution in [1.82, 2.24) is 14.9 Å². The van der Waals surface area contributed by atoms with Crippen molar-refractivity contribution >= 4 is 15.9 Å². The molecule has 1 N–H and O–H groups in total. The lowest BCUT2D eigenvalue weighted by molar-refractivity contribution is 0.665. The Morgan fingerprint density at radius 3 is 2.94 bits per heavy atom. The van der Waals surface area contributed by atoms with Crippen molar-refractivity contribution < 1.29 is 0 Å². The molecule has 1 heterocycles. The maximum atomic E-state index is 4.40. The number of halogens is 1. The molecule has 1 aromatic carbocycles. The first-order chi connectivity index (χ1) is 8.79. The van der Waals surface area contributed by atoms with Gasteiger partial charge in [0.15, 0.2) is 0 Å². The van der Waals surface area contributed by atoms with Crippen LogP contribution in [0.1, 0.15) is 24.6 Å². The molecule has 2 aromatic rings.